The molecular weight excluding hydrogens is 361 g/mol. The van der Waals surface area contributed by atoms with Crippen LogP contribution in [0, 0.1) is 11.6 Å². The van der Waals surface area contributed by atoms with Crippen LogP contribution in [0.15, 0.2) is 42.5 Å². The zero-order valence-corrected chi connectivity index (χ0v) is 13.1. The number of benzene rings is 2. The fourth-order valence-corrected chi connectivity index (χ4v) is 2.06. The first-order valence-electron chi connectivity index (χ1n) is 7.22. The number of alkyl halides is 3. The van der Waals surface area contributed by atoms with E-state index in [4.69, 9.17) is 0 Å². The number of amides is 1. The van der Waals surface area contributed by atoms with Gasteiger partial charge in [0.1, 0.15) is 11.6 Å². The number of nitrogens with one attached hydrogen (secondary N) is 1. The van der Waals surface area contributed by atoms with E-state index in [2.05, 4.69) is 10.1 Å². The first-order valence-corrected chi connectivity index (χ1v) is 7.22. The lowest BCUT2D eigenvalue weighted by Gasteiger charge is -2.13. The van der Waals surface area contributed by atoms with Crippen molar-refractivity contribution in [1.29, 1.82) is 0 Å². The van der Waals surface area contributed by atoms with Crippen molar-refractivity contribution in [2.45, 2.75) is 12.7 Å². The number of carbonyl (C=O) groups is 2. The average molecular weight is 373 g/mol. The molecule has 0 aromatic heterocycles. The van der Waals surface area contributed by atoms with E-state index in [1.807, 2.05) is 0 Å². The highest BCUT2D eigenvalue weighted by Crippen LogP contribution is 2.31. The standard InChI is InChI=1S/C17H12F5NO3/c18-11-5-6-14(19)12(7-11)16(25)26-9-15(24)23-8-10-3-1-2-4-13(10)17(20,21)22/h1-7H,8-9H2,(H,23,24). The molecule has 26 heavy (non-hydrogen) atoms. The Balaban J connectivity index is 1.92. The van der Waals surface area contributed by atoms with Gasteiger partial charge in [0, 0.05) is 6.54 Å². The van der Waals surface area contributed by atoms with Gasteiger partial charge in [-0.25, -0.2) is 13.6 Å². The van der Waals surface area contributed by atoms with Crippen LogP contribution in [0.1, 0.15) is 21.5 Å². The smallest absolute Gasteiger partial charge is 0.416 e. The predicted octanol–water partition coefficient (Wildman–Crippen LogP) is 3.46. The summed E-state index contributed by atoms with van der Waals surface area (Å²) in [6.45, 7) is -1.30. The van der Waals surface area contributed by atoms with Gasteiger partial charge >= 0.3 is 12.1 Å². The number of carbonyl (C=O) groups excluding carboxylic acids is 2. The maximum Gasteiger partial charge on any atom is 0.416 e. The van der Waals surface area contributed by atoms with E-state index in [1.165, 1.54) is 18.2 Å². The van der Waals surface area contributed by atoms with Gasteiger partial charge in [-0.15, -0.1) is 0 Å². The Morgan fingerprint density at radius 3 is 2.42 bits per heavy atom. The Kier molecular flexibility index (Phi) is 5.91. The van der Waals surface area contributed by atoms with Crippen LogP contribution in [-0.4, -0.2) is 18.5 Å². The van der Waals surface area contributed by atoms with Crippen molar-refractivity contribution in [1.82, 2.24) is 5.32 Å². The summed E-state index contributed by atoms with van der Waals surface area (Å²) in [4.78, 5) is 23.3. The van der Waals surface area contributed by atoms with Crippen LogP contribution in [0.3, 0.4) is 0 Å². The van der Waals surface area contributed by atoms with Crippen LogP contribution < -0.4 is 5.32 Å². The van der Waals surface area contributed by atoms with Gasteiger partial charge in [0.15, 0.2) is 6.61 Å². The monoisotopic (exact) mass is 373 g/mol. The van der Waals surface area contributed by atoms with Gasteiger partial charge in [0.2, 0.25) is 0 Å². The molecule has 0 fully saturated rings. The van der Waals surface area contributed by atoms with Crippen molar-refractivity contribution < 1.29 is 36.3 Å². The first-order chi connectivity index (χ1) is 12.2. The number of esters is 1. The number of ether oxygens (including phenoxy) is 1. The van der Waals surface area contributed by atoms with E-state index < -0.39 is 54.0 Å². The van der Waals surface area contributed by atoms with Crippen LogP contribution in [0.5, 0.6) is 0 Å². The molecule has 0 atom stereocenters. The van der Waals surface area contributed by atoms with E-state index in [0.717, 1.165) is 18.2 Å². The number of hydrogen-bond acceptors (Lipinski definition) is 3. The molecule has 0 heterocycles. The SMILES string of the molecule is O=C(COC(=O)c1cc(F)ccc1F)NCc1ccccc1C(F)(F)F. The molecular formula is C17H12F5NO3. The van der Waals surface area contributed by atoms with Crippen LogP contribution in [0.25, 0.3) is 0 Å². The highest BCUT2D eigenvalue weighted by molar-refractivity contribution is 5.91. The Morgan fingerprint density at radius 1 is 1.04 bits per heavy atom. The van der Waals surface area contributed by atoms with Gasteiger partial charge in [-0.3, -0.25) is 4.79 Å². The van der Waals surface area contributed by atoms with E-state index in [-0.39, 0.29) is 5.56 Å². The molecule has 1 amide bonds. The van der Waals surface area contributed by atoms with Gasteiger partial charge in [0.05, 0.1) is 11.1 Å². The summed E-state index contributed by atoms with van der Waals surface area (Å²) in [5.74, 6) is -4.07. The molecule has 138 valence electrons. The zero-order valence-electron chi connectivity index (χ0n) is 13.1. The Labute approximate surface area is 144 Å². The van der Waals surface area contributed by atoms with Crippen molar-refractivity contribution in [3.8, 4) is 0 Å². The van der Waals surface area contributed by atoms with Crippen molar-refractivity contribution >= 4 is 11.9 Å². The Hall–Kier alpha value is -2.97. The lowest BCUT2D eigenvalue weighted by Crippen LogP contribution is -2.29. The van der Waals surface area contributed by atoms with E-state index in [0.29, 0.717) is 6.07 Å². The van der Waals surface area contributed by atoms with Crippen LogP contribution in [-0.2, 0) is 22.3 Å². The molecule has 2 aromatic carbocycles. The minimum absolute atomic E-state index is 0.171. The Morgan fingerprint density at radius 2 is 1.73 bits per heavy atom. The van der Waals surface area contributed by atoms with Crippen LogP contribution >= 0.6 is 0 Å². The summed E-state index contributed by atoms with van der Waals surface area (Å²) < 4.78 is 69.4. The fourth-order valence-electron chi connectivity index (χ4n) is 2.06. The number of rotatable bonds is 5. The Bertz CT molecular complexity index is 820. The summed E-state index contributed by atoms with van der Waals surface area (Å²) in [6, 6.07) is 6.78. The number of hydrogen-bond donors (Lipinski definition) is 1. The highest BCUT2D eigenvalue weighted by Gasteiger charge is 2.32. The van der Waals surface area contributed by atoms with Gasteiger partial charge in [-0.2, -0.15) is 13.2 Å². The lowest BCUT2D eigenvalue weighted by molar-refractivity contribution is -0.138. The quantitative estimate of drug-likeness (QED) is 0.645. The second-order valence-electron chi connectivity index (χ2n) is 5.13. The average Bonchev–Trinajstić information content (AvgIpc) is 2.59. The van der Waals surface area contributed by atoms with Gasteiger partial charge in [-0.1, -0.05) is 18.2 Å². The largest absolute Gasteiger partial charge is 0.452 e. The molecule has 1 N–H and O–H groups in total. The third kappa shape index (κ3) is 5.01. The van der Waals surface area contributed by atoms with Crippen molar-refractivity contribution in [3.63, 3.8) is 0 Å². The van der Waals surface area contributed by atoms with Crippen molar-refractivity contribution in [3.05, 3.63) is 70.8 Å². The van der Waals surface area contributed by atoms with E-state index in [1.54, 1.807) is 0 Å². The molecule has 0 bridgehead atoms. The molecule has 9 heteroatoms. The summed E-state index contributed by atoms with van der Waals surface area (Å²) >= 11 is 0. The van der Waals surface area contributed by atoms with Crippen LogP contribution in [0.2, 0.25) is 0 Å². The lowest BCUT2D eigenvalue weighted by atomic mass is 10.1. The molecule has 0 saturated carbocycles. The molecule has 0 spiro atoms. The topological polar surface area (TPSA) is 55.4 Å². The van der Waals surface area contributed by atoms with Gasteiger partial charge in [-0.05, 0) is 29.8 Å². The maximum atomic E-state index is 13.4. The van der Waals surface area contributed by atoms with Crippen LogP contribution in [0.4, 0.5) is 22.0 Å². The maximum absolute atomic E-state index is 13.4. The van der Waals surface area contributed by atoms with E-state index >= 15 is 0 Å². The van der Waals surface area contributed by atoms with Gasteiger partial charge in [0.25, 0.3) is 5.91 Å². The third-order valence-electron chi connectivity index (χ3n) is 3.28. The third-order valence-corrected chi connectivity index (χ3v) is 3.28. The summed E-state index contributed by atoms with van der Waals surface area (Å²) in [5.41, 5.74) is -1.77. The van der Waals surface area contributed by atoms with Gasteiger partial charge < -0.3 is 10.1 Å². The minimum Gasteiger partial charge on any atom is -0.452 e. The summed E-state index contributed by atoms with van der Waals surface area (Å²) in [6.07, 6.45) is -4.58. The molecule has 2 rings (SSSR count). The minimum atomic E-state index is -4.58. The zero-order chi connectivity index (χ0) is 19.3. The predicted molar refractivity (Wildman–Crippen MR) is 79.9 cm³/mol. The molecule has 0 aliphatic heterocycles. The number of halogens is 5. The normalized spacial score (nSPS) is 11.1. The molecule has 0 saturated heterocycles. The second kappa shape index (κ2) is 7.94. The van der Waals surface area contributed by atoms with Crippen molar-refractivity contribution in [2.24, 2.45) is 0 Å². The molecule has 0 radical (unpaired) electrons. The first kappa shape index (κ1) is 19.4. The van der Waals surface area contributed by atoms with Crippen molar-refractivity contribution in [2.75, 3.05) is 6.61 Å². The molecule has 0 aliphatic rings. The highest BCUT2D eigenvalue weighted by atomic mass is 19.4. The fraction of sp³-hybridized carbons (Fsp3) is 0.176. The molecule has 2 aromatic rings. The van der Waals surface area contributed by atoms with E-state index in [9.17, 15) is 31.5 Å². The molecule has 0 aliphatic carbocycles. The summed E-state index contributed by atoms with van der Waals surface area (Å²) in [7, 11) is 0. The molecule has 4 nitrogen and oxygen atoms in total. The summed E-state index contributed by atoms with van der Waals surface area (Å²) in [5, 5.41) is 2.16. The second-order valence-corrected chi connectivity index (χ2v) is 5.13. The molecule has 0 unspecified atom stereocenters.